The first kappa shape index (κ1) is 33.2. The minimum atomic E-state index is -1.05. The zero-order valence-electron chi connectivity index (χ0n) is 25.9. The lowest BCUT2D eigenvalue weighted by Crippen LogP contribution is -2.56. The van der Waals surface area contributed by atoms with E-state index in [9.17, 15) is 19.5 Å². The molecule has 2 aromatic carbocycles. The fraction of sp³-hybridized carbons (Fsp3) is 0.545. The molecule has 4 rings (SSSR count). The monoisotopic (exact) mass is 611 g/mol. The number of carbonyl (C=O) groups excluding carboxylic acids is 3. The molecule has 2 fully saturated rings. The predicted octanol–water partition coefficient (Wildman–Crippen LogP) is 3.33. The van der Waals surface area contributed by atoms with Gasteiger partial charge in [0.2, 0.25) is 5.91 Å². The topological polar surface area (TPSA) is 144 Å². The summed E-state index contributed by atoms with van der Waals surface area (Å²) in [6.45, 7) is 6.35. The summed E-state index contributed by atoms with van der Waals surface area (Å²) in [5.74, 6) is -0.421. The van der Waals surface area contributed by atoms with Crippen molar-refractivity contribution in [1.82, 2.24) is 16.0 Å². The fourth-order valence-corrected chi connectivity index (χ4v) is 5.71. The number of aliphatic hydroxyl groups is 1. The standard InChI is InChI=1S/C33H45N3O8/c1-33(2,3)28(36-31(39)41-4)29(38)34-23(17-21-11-7-5-8-12-21)19-26(37)25(18-22-13-9-6-10-14-22)35-32(40)44-27-20-43-30-24(27)15-16-42-30/h5-14,23-28,30,37H,15-20H2,1-4H3,(H,34,38)(H,35,40)(H,36,39)/t23-,24-,25-,26-,27-,28+,30+/m0/s1. The minimum absolute atomic E-state index is 0.0157. The number of nitrogens with one attached hydrogen (secondary N) is 3. The van der Waals surface area contributed by atoms with Crippen molar-refractivity contribution in [3.8, 4) is 0 Å². The first-order valence-corrected chi connectivity index (χ1v) is 15.1. The molecule has 3 amide bonds. The van der Waals surface area contributed by atoms with E-state index in [-0.39, 0.29) is 25.2 Å². The van der Waals surface area contributed by atoms with Gasteiger partial charge in [-0.05, 0) is 42.2 Å². The number of ether oxygens (including phenoxy) is 4. The van der Waals surface area contributed by atoms with Gasteiger partial charge in [0.05, 0.1) is 38.4 Å². The largest absolute Gasteiger partial charge is 0.453 e. The molecule has 0 radical (unpaired) electrons. The number of rotatable bonds is 12. The van der Waals surface area contributed by atoms with Crippen LogP contribution in [0.3, 0.4) is 0 Å². The number of hydrogen-bond donors (Lipinski definition) is 4. The van der Waals surface area contributed by atoms with Gasteiger partial charge >= 0.3 is 12.2 Å². The molecule has 2 aliphatic heterocycles. The lowest BCUT2D eigenvalue weighted by molar-refractivity contribution is -0.126. The third-order valence-electron chi connectivity index (χ3n) is 8.08. The Morgan fingerprint density at radius 1 is 0.909 bits per heavy atom. The van der Waals surface area contributed by atoms with E-state index in [1.165, 1.54) is 7.11 Å². The number of methoxy groups -OCH3 is 1. The summed E-state index contributed by atoms with van der Waals surface area (Å²) in [7, 11) is 1.24. The number of aliphatic hydroxyl groups excluding tert-OH is 1. The molecule has 0 aromatic heterocycles. The molecule has 2 saturated heterocycles. The molecule has 2 heterocycles. The highest BCUT2D eigenvalue weighted by Crippen LogP contribution is 2.33. The van der Waals surface area contributed by atoms with Crippen molar-refractivity contribution in [2.24, 2.45) is 11.3 Å². The van der Waals surface area contributed by atoms with Gasteiger partial charge in [0.15, 0.2) is 6.29 Å². The lowest BCUT2D eigenvalue weighted by Gasteiger charge is -2.33. The summed E-state index contributed by atoms with van der Waals surface area (Å²) >= 11 is 0. The molecule has 4 N–H and O–H groups in total. The molecule has 240 valence electrons. The SMILES string of the molecule is COC(=O)N[C@H](C(=O)N[C@@H](Cc1ccccc1)C[C@H](O)[C@H](Cc1ccccc1)NC(=O)O[C@H]1CO[C@H]2OCC[C@H]21)C(C)(C)C. The summed E-state index contributed by atoms with van der Waals surface area (Å²) in [5, 5.41) is 20.2. The Labute approximate surface area is 259 Å². The highest BCUT2D eigenvalue weighted by Gasteiger charge is 2.44. The number of hydrogen-bond acceptors (Lipinski definition) is 8. The van der Waals surface area contributed by atoms with Crippen molar-refractivity contribution >= 4 is 18.1 Å². The van der Waals surface area contributed by atoms with E-state index in [1.54, 1.807) is 0 Å². The fourth-order valence-electron chi connectivity index (χ4n) is 5.71. The van der Waals surface area contributed by atoms with Crippen LogP contribution in [0.4, 0.5) is 9.59 Å². The van der Waals surface area contributed by atoms with Gasteiger partial charge < -0.3 is 40.0 Å². The maximum Gasteiger partial charge on any atom is 0.407 e. The molecule has 11 nitrogen and oxygen atoms in total. The number of carbonyl (C=O) groups is 3. The van der Waals surface area contributed by atoms with E-state index in [0.717, 1.165) is 17.5 Å². The first-order chi connectivity index (χ1) is 21.0. The van der Waals surface area contributed by atoms with Gasteiger partial charge in [-0.25, -0.2) is 9.59 Å². The molecule has 0 spiro atoms. The summed E-state index contributed by atoms with van der Waals surface area (Å²) in [6, 6.07) is 17.0. The molecule has 44 heavy (non-hydrogen) atoms. The zero-order valence-corrected chi connectivity index (χ0v) is 25.9. The Hall–Kier alpha value is -3.67. The lowest BCUT2D eigenvalue weighted by atomic mass is 9.85. The van der Waals surface area contributed by atoms with Gasteiger partial charge in [-0.15, -0.1) is 0 Å². The van der Waals surface area contributed by atoms with Crippen molar-refractivity contribution in [3.63, 3.8) is 0 Å². The summed E-state index contributed by atoms with van der Waals surface area (Å²) < 4.78 is 21.6. The molecule has 0 aliphatic carbocycles. The normalized spacial score (nSPS) is 22.2. The van der Waals surface area contributed by atoms with Crippen molar-refractivity contribution < 1.29 is 38.4 Å². The first-order valence-electron chi connectivity index (χ1n) is 15.1. The van der Waals surface area contributed by atoms with Crippen LogP contribution in [0.1, 0.15) is 44.7 Å². The van der Waals surface area contributed by atoms with Gasteiger partial charge in [-0.1, -0.05) is 81.4 Å². The maximum absolute atomic E-state index is 13.6. The third kappa shape index (κ3) is 9.41. The highest BCUT2D eigenvalue weighted by atomic mass is 16.7. The number of amides is 3. The number of benzene rings is 2. The Bertz CT molecular complexity index is 1220. The van der Waals surface area contributed by atoms with Crippen molar-refractivity contribution in [2.45, 2.75) is 83.1 Å². The molecule has 0 saturated carbocycles. The van der Waals surface area contributed by atoms with E-state index >= 15 is 0 Å². The molecule has 11 heteroatoms. The quantitative estimate of drug-likeness (QED) is 0.286. The van der Waals surface area contributed by atoms with Crippen LogP contribution in [0.25, 0.3) is 0 Å². The van der Waals surface area contributed by atoms with E-state index in [4.69, 9.17) is 18.9 Å². The predicted molar refractivity (Wildman–Crippen MR) is 163 cm³/mol. The van der Waals surface area contributed by atoms with E-state index in [2.05, 4.69) is 16.0 Å². The Morgan fingerprint density at radius 3 is 2.16 bits per heavy atom. The number of alkyl carbamates (subject to hydrolysis) is 2. The second-order valence-corrected chi connectivity index (χ2v) is 12.5. The molecule has 2 aliphatic rings. The van der Waals surface area contributed by atoms with Crippen LogP contribution >= 0.6 is 0 Å². The molecule has 0 unspecified atom stereocenters. The van der Waals surface area contributed by atoms with Crippen LogP contribution < -0.4 is 16.0 Å². The second kappa shape index (κ2) is 15.4. The second-order valence-electron chi connectivity index (χ2n) is 12.5. The van der Waals surface area contributed by atoms with E-state index in [1.807, 2.05) is 81.4 Å². The molecule has 2 aromatic rings. The minimum Gasteiger partial charge on any atom is -0.453 e. The van der Waals surface area contributed by atoms with Gasteiger partial charge in [-0.3, -0.25) is 4.79 Å². The Morgan fingerprint density at radius 2 is 1.55 bits per heavy atom. The Kier molecular flexibility index (Phi) is 11.6. The summed E-state index contributed by atoms with van der Waals surface area (Å²) in [6.07, 6.45) is -1.57. The van der Waals surface area contributed by atoms with Gasteiger partial charge in [0.1, 0.15) is 12.1 Å². The molecular formula is C33H45N3O8. The van der Waals surface area contributed by atoms with Crippen LogP contribution in [-0.2, 0) is 36.6 Å². The van der Waals surface area contributed by atoms with Crippen LogP contribution in [0.5, 0.6) is 0 Å². The third-order valence-corrected chi connectivity index (χ3v) is 8.08. The van der Waals surface area contributed by atoms with E-state index < -0.39 is 53.8 Å². The van der Waals surface area contributed by atoms with Crippen molar-refractivity contribution in [1.29, 1.82) is 0 Å². The van der Waals surface area contributed by atoms with Gasteiger partial charge in [0.25, 0.3) is 0 Å². The maximum atomic E-state index is 13.6. The van der Waals surface area contributed by atoms with Crippen LogP contribution in [0.2, 0.25) is 0 Å². The average molecular weight is 612 g/mol. The molecular weight excluding hydrogens is 566 g/mol. The smallest absolute Gasteiger partial charge is 0.407 e. The molecule has 0 bridgehead atoms. The van der Waals surface area contributed by atoms with Gasteiger partial charge in [0, 0.05) is 6.04 Å². The van der Waals surface area contributed by atoms with E-state index in [0.29, 0.717) is 19.4 Å². The van der Waals surface area contributed by atoms with Crippen LogP contribution in [0.15, 0.2) is 60.7 Å². The van der Waals surface area contributed by atoms with Crippen molar-refractivity contribution in [2.75, 3.05) is 20.3 Å². The van der Waals surface area contributed by atoms with Gasteiger partial charge in [-0.2, -0.15) is 0 Å². The number of fused-ring (bicyclic) bond motifs is 1. The Balaban J connectivity index is 1.50. The highest BCUT2D eigenvalue weighted by molar-refractivity contribution is 5.86. The summed E-state index contributed by atoms with van der Waals surface area (Å²) in [5.41, 5.74) is 1.26. The average Bonchev–Trinajstić information content (AvgIpc) is 3.61. The van der Waals surface area contributed by atoms with Crippen LogP contribution in [0, 0.1) is 11.3 Å². The molecule has 7 atom stereocenters. The van der Waals surface area contributed by atoms with Crippen molar-refractivity contribution in [3.05, 3.63) is 71.8 Å². The van der Waals surface area contributed by atoms with Crippen LogP contribution in [-0.4, -0.2) is 80.1 Å². The summed E-state index contributed by atoms with van der Waals surface area (Å²) in [4.78, 5) is 38.7. The zero-order chi connectivity index (χ0) is 31.7.